The van der Waals surface area contributed by atoms with Crippen LogP contribution in [-0.2, 0) is 0 Å². The molecule has 0 bridgehead atoms. The Labute approximate surface area is 105 Å². The summed E-state index contributed by atoms with van der Waals surface area (Å²) < 4.78 is 0. The highest BCUT2D eigenvalue weighted by atomic mass is 16.2. The number of nitrogens with one attached hydrogen (secondary N) is 1. The summed E-state index contributed by atoms with van der Waals surface area (Å²) in [5, 5.41) is 3.27. The van der Waals surface area contributed by atoms with Crippen LogP contribution in [0.25, 0.3) is 0 Å². The van der Waals surface area contributed by atoms with E-state index in [2.05, 4.69) is 12.2 Å². The summed E-state index contributed by atoms with van der Waals surface area (Å²) in [4.78, 5) is 14.0. The lowest BCUT2D eigenvalue weighted by Gasteiger charge is -2.31. The number of rotatable bonds is 3. The third-order valence-corrected chi connectivity index (χ3v) is 4.36. The second-order valence-electron chi connectivity index (χ2n) is 5.56. The smallest absolute Gasteiger partial charge is 0.317 e. The predicted octanol–water partition coefficient (Wildman–Crippen LogP) is 3.15. The van der Waals surface area contributed by atoms with Gasteiger partial charge in [-0.1, -0.05) is 26.2 Å². The van der Waals surface area contributed by atoms with Gasteiger partial charge in [0.05, 0.1) is 0 Å². The quantitative estimate of drug-likeness (QED) is 0.805. The highest BCUT2D eigenvalue weighted by Gasteiger charge is 2.26. The summed E-state index contributed by atoms with van der Waals surface area (Å²) in [5.41, 5.74) is 0. The Hall–Kier alpha value is -0.730. The van der Waals surface area contributed by atoms with Gasteiger partial charge in [-0.05, 0) is 38.0 Å². The van der Waals surface area contributed by atoms with Crippen molar-refractivity contribution >= 4 is 6.03 Å². The van der Waals surface area contributed by atoms with E-state index < -0.39 is 0 Å². The fourth-order valence-corrected chi connectivity index (χ4v) is 3.26. The number of hydrogen-bond donors (Lipinski definition) is 1. The van der Waals surface area contributed by atoms with E-state index in [9.17, 15) is 4.79 Å². The van der Waals surface area contributed by atoms with E-state index in [1.54, 1.807) is 0 Å². The number of carbonyl (C=O) groups is 1. The molecule has 3 heteroatoms. The van der Waals surface area contributed by atoms with Gasteiger partial charge in [0.15, 0.2) is 0 Å². The molecule has 1 aliphatic heterocycles. The molecule has 0 aromatic rings. The molecule has 2 fully saturated rings. The number of likely N-dealkylation sites (tertiary alicyclic amines) is 1. The van der Waals surface area contributed by atoms with Crippen molar-refractivity contribution in [2.24, 2.45) is 5.92 Å². The maximum atomic E-state index is 12.1. The number of nitrogens with zero attached hydrogens (tertiary/aromatic N) is 1. The van der Waals surface area contributed by atoms with E-state index in [4.69, 9.17) is 0 Å². The van der Waals surface area contributed by atoms with Crippen LogP contribution < -0.4 is 5.32 Å². The molecule has 2 rings (SSSR count). The fraction of sp³-hybridized carbons (Fsp3) is 0.929. The summed E-state index contributed by atoms with van der Waals surface area (Å²) in [6.07, 6.45) is 10.1. The van der Waals surface area contributed by atoms with Crippen LogP contribution in [0.2, 0.25) is 0 Å². The fourth-order valence-electron chi connectivity index (χ4n) is 3.26. The summed E-state index contributed by atoms with van der Waals surface area (Å²) in [7, 11) is 0. The SMILES string of the molecule is CCC(NC(=O)N1CCCC1)C1CCCCC1. The van der Waals surface area contributed by atoms with E-state index in [0.717, 1.165) is 25.4 Å². The van der Waals surface area contributed by atoms with E-state index in [-0.39, 0.29) is 6.03 Å². The number of carbonyl (C=O) groups excluding carboxylic acids is 1. The van der Waals surface area contributed by atoms with Gasteiger partial charge in [-0.3, -0.25) is 0 Å². The largest absolute Gasteiger partial charge is 0.335 e. The van der Waals surface area contributed by atoms with Gasteiger partial charge in [-0.25, -0.2) is 4.79 Å². The number of urea groups is 1. The first-order chi connectivity index (χ1) is 8.31. The minimum absolute atomic E-state index is 0.180. The van der Waals surface area contributed by atoms with Crippen LogP contribution in [0.3, 0.4) is 0 Å². The predicted molar refractivity (Wildman–Crippen MR) is 70.0 cm³/mol. The first-order valence-corrected chi connectivity index (χ1v) is 7.36. The molecule has 1 saturated heterocycles. The van der Waals surface area contributed by atoms with Crippen LogP contribution in [-0.4, -0.2) is 30.1 Å². The van der Waals surface area contributed by atoms with Gasteiger partial charge >= 0.3 is 6.03 Å². The van der Waals surface area contributed by atoms with Crippen molar-refractivity contribution in [2.75, 3.05) is 13.1 Å². The van der Waals surface area contributed by atoms with Crippen LogP contribution >= 0.6 is 0 Å². The summed E-state index contributed by atoms with van der Waals surface area (Å²) in [6, 6.07) is 0.586. The lowest BCUT2D eigenvalue weighted by molar-refractivity contribution is 0.191. The van der Waals surface area contributed by atoms with Crippen LogP contribution in [0.1, 0.15) is 58.3 Å². The Morgan fingerprint density at radius 2 is 1.82 bits per heavy atom. The van der Waals surface area contributed by atoms with E-state index >= 15 is 0 Å². The Kier molecular flexibility index (Phi) is 4.69. The Bertz CT molecular complexity index is 243. The first-order valence-electron chi connectivity index (χ1n) is 7.36. The lowest BCUT2D eigenvalue weighted by atomic mass is 9.83. The molecule has 1 heterocycles. The molecule has 2 aliphatic rings. The second-order valence-corrected chi connectivity index (χ2v) is 5.56. The molecule has 1 saturated carbocycles. The summed E-state index contributed by atoms with van der Waals surface area (Å²) in [5.74, 6) is 0.723. The maximum Gasteiger partial charge on any atom is 0.317 e. The van der Waals surface area contributed by atoms with Gasteiger partial charge in [-0.2, -0.15) is 0 Å². The van der Waals surface area contributed by atoms with Gasteiger partial charge in [0.1, 0.15) is 0 Å². The van der Waals surface area contributed by atoms with Gasteiger partial charge in [0.25, 0.3) is 0 Å². The Morgan fingerprint density at radius 3 is 2.41 bits per heavy atom. The maximum absolute atomic E-state index is 12.1. The third-order valence-electron chi connectivity index (χ3n) is 4.36. The minimum Gasteiger partial charge on any atom is -0.335 e. The van der Waals surface area contributed by atoms with Crippen LogP contribution in [0.15, 0.2) is 0 Å². The summed E-state index contributed by atoms with van der Waals surface area (Å²) in [6.45, 7) is 4.10. The number of hydrogen-bond acceptors (Lipinski definition) is 1. The molecule has 3 nitrogen and oxygen atoms in total. The molecular formula is C14H26N2O. The molecule has 98 valence electrons. The molecule has 1 N–H and O–H groups in total. The minimum atomic E-state index is 0.180. The van der Waals surface area contributed by atoms with Crippen LogP contribution in [0, 0.1) is 5.92 Å². The normalized spacial score (nSPS) is 23.7. The zero-order valence-corrected chi connectivity index (χ0v) is 11.1. The first kappa shape index (κ1) is 12.7. The molecule has 0 aromatic carbocycles. The van der Waals surface area contributed by atoms with Crippen molar-refractivity contribution in [3.05, 3.63) is 0 Å². The average molecular weight is 238 g/mol. The molecule has 1 unspecified atom stereocenters. The standard InChI is InChI=1S/C14H26N2O/c1-2-13(12-8-4-3-5-9-12)15-14(17)16-10-6-7-11-16/h12-13H,2-11H2,1H3,(H,15,17). The van der Waals surface area contributed by atoms with E-state index in [0.29, 0.717) is 6.04 Å². The van der Waals surface area contributed by atoms with Crippen LogP contribution in [0.4, 0.5) is 4.79 Å². The highest BCUT2D eigenvalue weighted by molar-refractivity contribution is 5.74. The van der Waals surface area contributed by atoms with Gasteiger partial charge < -0.3 is 10.2 Å². The van der Waals surface area contributed by atoms with Gasteiger partial charge in [0.2, 0.25) is 0 Å². The third kappa shape index (κ3) is 3.36. The highest BCUT2D eigenvalue weighted by Crippen LogP contribution is 2.27. The molecule has 2 amide bonds. The zero-order chi connectivity index (χ0) is 12.1. The summed E-state index contributed by atoms with van der Waals surface area (Å²) >= 11 is 0. The van der Waals surface area contributed by atoms with Crippen molar-refractivity contribution < 1.29 is 4.79 Å². The van der Waals surface area contributed by atoms with Gasteiger partial charge in [0, 0.05) is 19.1 Å². The van der Waals surface area contributed by atoms with Gasteiger partial charge in [-0.15, -0.1) is 0 Å². The zero-order valence-electron chi connectivity index (χ0n) is 11.1. The van der Waals surface area contributed by atoms with E-state index in [1.165, 1.54) is 44.9 Å². The molecule has 1 aliphatic carbocycles. The van der Waals surface area contributed by atoms with Crippen LogP contribution in [0.5, 0.6) is 0 Å². The topological polar surface area (TPSA) is 32.3 Å². The van der Waals surface area contributed by atoms with Crippen molar-refractivity contribution in [3.63, 3.8) is 0 Å². The second kappa shape index (κ2) is 6.27. The molecule has 1 atom stereocenters. The molecule has 0 radical (unpaired) electrons. The molecule has 17 heavy (non-hydrogen) atoms. The molecule has 0 spiro atoms. The van der Waals surface area contributed by atoms with Crippen molar-refractivity contribution in [2.45, 2.75) is 64.3 Å². The van der Waals surface area contributed by atoms with Crippen molar-refractivity contribution in [1.82, 2.24) is 10.2 Å². The van der Waals surface area contributed by atoms with Crippen molar-refractivity contribution in [1.29, 1.82) is 0 Å². The lowest BCUT2D eigenvalue weighted by Crippen LogP contribution is -2.46. The average Bonchev–Trinajstić information content (AvgIpc) is 2.90. The molecular weight excluding hydrogens is 212 g/mol. The Balaban J connectivity index is 1.82. The van der Waals surface area contributed by atoms with Crippen molar-refractivity contribution in [3.8, 4) is 0 Å². The number of amides is 2. The Morgan fingerprint density at radius 1 is 1.18 bits per heavy atom. The monoisotopic (exact) mass is 238 g/mol. The molecule has 0 aromatic heterocycles. The van der Waals surface area contributed by atoms with E-state index in [1.807, 2.05) is 4.90 Å².